The van der Waals surface area contributed by atoms with Crippen LogP contribution in [0.15, 0.2) is 30.3 Å². The smallest absolute Gasteiger partial charge is 0.241 e. The number of likely N-dealkylation sites (tertiary alicyclic amines) is 1. The molecule has 0 spiro atoms. The van der Waals surface area contributed by atoms with Crippen LogP contribution in [0.1, 0.15) is 26.7 Å². The molecule has 0 bridgehead atoms. The molecule has 1 aliphatic rings. The van der Waals surface area contributed by atoms with Crippen LogP contribution < -0.4 is 4.90 Å². The molecule has 0 saturated carbocycles. The van der Waals surface area contributed by atoms with Gasteiger partial charge >= 0.3 is 0 Å². The average Bonchev–Trinajstić information content (AvgIpc) is 2.48. The molecule has 0 aliphatic carbocycles. The number of benzene rings is 1. The lowest BCUT2D eigenvalue weighted by molar-refractivity contribution is -0.120. The van der Waals surface area contributed by atoms with Crippen molar-refractivity contribution in [1.29, 1.82) is 0 Å². The second-order valence-electron chi connectivity index (χ2n) is 6.12. The van der Waals surface area contributed by atoms with E-state index < -0.39 is 0 Å². The van der Waals surface area contributed by atoms with E-state index in [2.05, 4.69) is 4.90 Å². The van der Waals surface area contributed by atoms with Crippen molar-refractivity contribution in [3.05, 3.63) is 30.3 Å². The molecule has 21 heavy (non-hydrogen) atoms. The van der Waals surface area contributed by atoms with Gasteiger partial charge in [0.2, 0.25) is 5.91 Å². The molecule has 1 amide bonds. The summed E-state index contributed by atoms with van der Waals surface area (Å²) in [4.78, 5) is 16.7. The highest BCUT2D eigenvalue weighted by Gasteiger charge is 2.25. The van der Waals surface area contributed by atoms with Gasteiger partial charge < -0.3 is 10.0 Å². The summed E-state index contributed by atoms with van der Waals surface area (Å²) in [5, 5.41) is 9.30. The van der Waals surface area contributed by atoms with Gasteiger partial charge in [-0.2, -0.15) is 0 Å². The van der Waals surface area contributed by atoms with Gasteiger partial charge in [-0.1, -0.05) is 18.2 Å². The molecule has 0 radical (unpaired) electrons. The average molecular weight is 290 g/mol. The zero-order valence-electron chi connectivity index (χ0n) is 13.0. The monoisotopic (exact) mass is 290 g/mol. The standard InChI is InChI=1S/C17H26N2O2/c1-14(2)19(16-8-4-3-5-9-16)17(21)12-18-10-6-7-15(11-18)13-20/h3-5,8-9,14-15,20H,6-7,10-13H2,1-2H3. The minimum atomic E-state index is 0.134. The first-order chi connectivity index (χ1) is 10.1. The molecular weight excluding hydrogens is 264 g/mol. The third kappa shape index (κ3) is 4.29. The third-order valence-corrected chi connectivity index (χ3v) is 4.04. The second kappa shape index (κ2) is 7.57. The largest absolute Gasteiger partial charge is 0.396 e. The topological polar surface area (TPSA) is 43.8 Å². The summed E-state index contributed by atoms with van der Waals surface area (Å²) < 4.78 is 0. The molecule has 1 aliphatic heterocycles. The van der Waals surface area contributed by atoms with Crippen molar-refractivity contribution in [3.8, 4) is 0 Å². The summed E-state index contributed by atoms with van der Waals surface area (Å²) in [5.74, 6) is 0.450. The van der Waals surface area contributed by atoms with Crippen LogP contribution in [0.4, 0.5) is 5.69 Å². The van der Waals surface area contributed by atoms with Crippen LogP contribution in [0.2, 0.25) is 0 Å². The fourth-order valence-electron chi connectivity index (χ4n) is 3.03. The number of para-hydroxylation sites is 1. The number of nitrogens with zero attached hydrogens (tertiary/aromatic N) is 2. The van der Waals surface area contributed by atoms with Gasteiger partial charge in [-0.3, -0.25) is 9.69 Å². The van der Waals surface area contributed by atoms with Gasteiger partial charge in [-0.25, -0.2) is 0 Å². The summed E-state index contributed by atoms with van der Waals surface area (Å²) >= 11 is 0. The van der Waals surface area contributed by atoms with Crippen LogP contribution >= 0.6 is 0 Å². The molecule has 1 N–H and O–H groups in total. The molecule has 116 valence electrons. The van der Waals surface area contributed by atoms with E-state index in [4.69, 9.17) is 0 Å². The zero-order valence-corrected chi connectivity index (χ0v) is 13.0. The van der Waals surface area contributed by atoms with Crippen LogP contribution in [0.25, 0.3) is 0 Å². The third-order valence-electron chi connectivity index (χ3n) is 4.04. The van der Waals surface area contributed by atoms with Gasteiger partial charge in [-0.15, -0.1) is 0 Å². The fourth-order valence-corrected chi connectivity index (χ4v) is 3.03. The SMILES string of the molecule is CC(C)N(C(=O)CN1CCCC(CO)C1)c1ccccc1. The Labute approximate surface area is 127 Å². The predicted molar refractivity (Wildman–Crippen MR) is 85.3 cm³/mol. The summed E-state index contributed by atoms with van der Waals surface area (Å²) in [6, 6.07) is 9.97. The molecule has 1 unspecified atom stereocenters. The lowest BCUT2D eigenvalue weighted by Crippen LogP contribution is -2.47. The molecule has 1 saturated heterocycles. The van der Waals surface area contributed by atoms with E-state index in [0.29, 0.717) is 12.5 Å². The van der Waals surface area contributed by atoms with Gasteiger partial charge in [0.05, 0.1) is 6.54 Å². The summed E-state index contributed by atoms with van der Waals surface area (Å²) in [6.45, 7) is 6.50. The number of amides is 1. The van der Waals surface area contributed by atoms with Crippen molar-refractivity contribution in [2.24, 2.45) is 5.92 Å². The van der Waals surface area contributed by atoms with Crippen molar-refractivity contribution in [3.63, 3.8) is 0 Å². The molecule has 1 aromatic carbocycles. The number of aliphatic hydroxyl groups excluding tert-OH is 1. The predicted octanol–water partition coefficient (Wildman–Crippen LogP) is 2.13. The Morgan fingerprint density at radius 2 is 2.10 bits per heavy atom. The number of rotatable bonds is 5. The first kappa shape index (κ1) is 16.0. The molecule has 1 fully saturated rings. The molecule has 1 heterocycles. The van der Waals surface area contributed by atoms with Crippen molar-refractivity contribution >= 4 is 11.6 Å². The summed E-state index contributed by atoms with van der Waals surface area (Å²) in [6.07, 6.45) is 2.12. The molecule has 1 aromatic rings. The van der Waals surface area contributed by atoms with Crippen molar-refractivity contribution < 1.29 is 9.90 Å². The zero-order chi connectivity index (χ0) is 15.2. The molecule has 4 heteroatoms. The lowest BCUT2D eigenvalue weighted by Gasteiger charge is -2.34. The van der Waals surface area contributed by atoms with Crippen LogP contribution in [0.3, 0.4) is 0 Å². The molecule has 1 atom stereocenters. The fraction of sp³-hybridized carbons (Fsp3) is 0.588. The molecule has 4 nitrogen and oxygen atoms in total. The van der Waals surface area contributed by atoms with Crippen molar-refractivity contribution in [2.75, 3.05) is 31.1 Å². The minimum Gasteiger partial charge on any atom is -0.396 e. The number of piperidine rings is 1. The number of carbonyl (C=O) groups is 1. The molecule has 2 rings (SSSR count). The van der Waals surface area contributed by atoms with E-state index in [9.17, 15) is 9.90 Å². The van der Waals surface area contributed by atoms with Crippen LogP contribution in [0.5, 0.6) is 0 Å². The van der Waals surface area contributed by atoms with Crippen molar-refractivity contribution in [2.45, 2.75) is 32.7 Å². The van der Waals surface area contributed by atoms with Gasteiger partial charge in [0.25, 0.3) is 0 Å². The van der Waals surface area contributed by atoms with E-state index >= 15 is 0 Å². The van der Waals surface area contributed by atoms with Crippen LogP contribution in [-0.4, -0.2) is 48.2 Å². The number of aliphatic hydroxyl groups is 1. The van der Waals surface area contributed by atoms with E-state index in [-0.39, 0.29) is 18.6 Å². The van der Waals surface area contributed by atoms with E-state index in [1.165, 1.54) is 0 Å². The highest BCUT2D eigenvalue weighted by molar-refractivity contribution is 5.95. The first-order valence-electron chi connectivity index (χ1n) is 7.82. The number of hydrogen-bond donors (Lipinski definition) is 1. The van der Waals surface area contributed by atoms with Gasteiger partial charge in [0, 0.05) is 24.9 Å². The highest BCUT2D eigenvalue weighted by atomic mass is 16.3. The van der Waals surface area contributed by atoms with Crippen molar-refractivity contribution in [1.82, 2.24) is 4.90 Å². The normalized spacial score (nSPS) is 19.7. The van der Waals surface area contributed by atoms with E-state index in [1.54, 1.807) is 0 Å². The Balaban J connectivity index is 2.02. The Hall–Kier alpha value is -1.39. The summed E-state index contributed by atoms with van der Waals surface area (Å²) in [7, 11) is 0. The quantitative estimate of drug-likeness (QED) is 0.903. The maximum Gasteiger partial charge on any atom is 0.241 e. The molecule has 0 aromatic heterocycles. The number of anilines is 1. The number of carbonyl (C=O) groups excluding carboxylic acids is 1. The maximum atomic E-state index is 12.7. The Morgan fingerprint density at radius 3 is 2.71 bits per heavy atom. The Bertz CT molecular complexity index is 447. The Kier molecular flexibility index (Phi) is 5.76. The minimum absolute atomic E-state index is 0.134. The Morgan fingerprint density at radius 1 is 1.38 bits per heavy atom. The maximum absolute atomic E-state index is 12.7. The summed E-state index contributed by atoms with van der Waals surface area (Å²) in [5.41, 5.74) is 0.952. The van der Waals surface area contributed by atoms with Crippen LogP contribution in [-0.2, 0) is 4.79 Å². The molecular formula is C17H26N2O2. The van der Waals surface area contributed by atoms with E-state index in [1.807, 2.05) is 49.1 Å². The van der Waals surface area contributed by atoms with Gasteiger partial charge in [-0.05, 0) is 51.3 Å². The van der Waals surface area contributed by atoms with Crippen LogP contribution in [0, 0.1) is 5.92 Å². The number of hydrogen-bond acceptors (Lipinski definition) is 3. The van der Waals surface area contributed by atoms with Gasteiger partial charge in [0.1, 0.15) is 0 Å². The highest BCUT2D eigenvalue weighted by Crippen LogP contribution is 2.19. The van der Waals surface area contributed by atoms with Gasteiger partial charge in [0.15, 0.2) is 0 Å². The first-order valence-corrected chi connectivity index (χ1v) is 7.82. The second-order valence-corrected chi connectivity index (χ2v) is 6.12. The lowest BCUT2D eigenvalue weighted by atomic mass is 9.99. The van der Waals surface area contributed by atoms with E-state index in [0.717, 1.165) is 31.6 Å².